The van der Waals surface area contributed by atoms with Crippen LogP contribution in [0, 0.1) is 6.92 Å². The maximum atomic E-state index is 11.5. The van der Waals surface area contributed by atoms with E-state index in [-0.39, 0.29) is 12.0 Å². The Bertz CT molecular complexity index is 419. The lowest BCUT2D eigenvalue weighted by Gasteiger charge is -2.41. The number of rotatable bonds is 2. The minimum absolute atomic E-state index is 0.122. The molecular weight excluding hydrogens is 270 g/mol. The number of benzene rings is 1. The molecule has 0 spiro atoms. The number of methoxy groups -OCH3 is 1. The normalized spacial score (nSPS) is 19.2. The van der Waals surface area contributed by atoms with Crippen LogP contribution in [0.1, 0.15) is 12.0 Å². The Morgan fingerprint density at radius 1 is 1.56 bits per heavy atom. The molecule has 4 heteroatoms. The number of anilines is 1. The van der Waals surface area contributed by atoms with E-state index in [0.717, 1.165) is 23.1 Å². The molecule has 1 heterocycles. The summed E-state index contributed by atoms with van der Waals surface area (Å²) in [4.78, 5) is 13.6. The van der Waals surface area contributed by atoms with E-state index in [0.29, 0.717) is 0 Å². The third-order valence-corrected chi connectivity index (χ3v) is 4.01. The summed E-state index contributed by atoms with van der Waals surface area (Å²) in [6, 6.07) is 5.94. The van der Waals surface area contributed by atoms with Gasteiger partial charge in [-0.15, -0.1) is 0 Å². The smallest absolute Gasteiger partial charge is 0.328 e. The molecule has 1 aromatic rings. The zero-order chi connectivity index (χ0) is 11.7. The summed E-state index contributed by atoms with van der Waals surface area (Å²) in [6.45, 7) is 2.95. The van der Waals surface area contributed by atoms with Crippen LogP contribution >= 0.6 is 15.9 Å². The third-order valence-electron chi connectivity index (χ3n) is 2.97. The summed E-state index contributed by atoms with van der Waals surface area (Å²) in [5.41, 5.74) is 2.25. The van der Waals surface area contributed by atoms with Crippen LogP contribution in [0.15, 0.2) is 22.7 Å². The van der Waals surface area contributed by atoms with Gasteiger partial charge in [0.15, 0.2) is 0 Å². The Labute approximate surface area is 104 Å². The second-order valence-electron chi connectivity index (χ2n) is 3.93. The molecule has 1 saturated heterocycles. The molecule has 2 rings (SSSR count). The number of hydrogen-bond donors (Lipinski definition) is 0. The minimum Gasteiger partial charge on any atom is -0.467 e. The van der Waals surface area contributed by atoms with Crippen molar-refractivity contribution in [3.8, 4) is 0 Å². The van der Waals surface area contributed by atoms with E-state index in [2.05, 4.69) is 20.8 Å². The van der Waals surface area contributed by atoms with Crippen LogP contribution in [0.2, 0.25) is 0 Å². The van der Waals surface area contributed by atoms with Gasteiger partial charge in [0.2, 0.25) is 0 Å². The third kappa shape index (κ3) is 1.82. The average molecular weight is 284 g/mol. The molecule has 0 bridgehead atoms. The molecule has 1 aliphatic rings. The molecule has 86 valence electrons. The predicted octanol–water partition coefficient (Wildman–Crippen LogP) is 2.51. The zero-order valence-corrected chi connectivity index (χ0v) is 11.0. The summed E-state index contributed by atoms with van der Waals surface area (Å²) < 4.78 is 5.84. The van der Waals surface area contributed by atoms with Crippen molar-refractivity contribution in [3.63, 3.8) is 0 Å². The first-order valence-corrected chi connectivity index (χ1v) is 6.04. The van der Waals surface area contributed by atoms with Crippen molar-refractivity contribution < 1.29 is 9.53 Å². The maximum absolute atomic E-state index is 11.5. The molecule has 1 unspecified atom stereocenters. The van der Waals surface area contributed by atoms with Crippen molar-refractivity contribution in [1.29, 1.82) is 0 Å². The summed E-state index contributed by atoms with van der Waals surface area (Å²) in [5.74, 6) is -0.153. The molecule has 0 aliphatic carbocycles. The standard InChI is InChI=1S/C12H14BrNO2/c1-8-4-3-5-9(11(8)13)14-7-6-10(14)12(15)16-2/h3-5,10H,6-7H2,1-2H3. The number of halogens is 1. The molecule has 0 radical (unpaired) electrons. The lowest BCUT2D eigenvalue weighted by atomic mass is 10.0. The molecule has 0 saturated carbocycles. The van der Waals surface area contributed by atoms with Crippen molar-refractivity contribution in [1.82, 2.24) is 0 Å². The van der Waals surface area contributed by atoms with E-state index in [1.165, 1.54) is 12.7 Å². The van der Waals surface area contributed by atoms with Crippen LogP contribution in [0.4, 0.5) is 5.69 Å². The number of carbonyl (C=O) groups excluding carboxylic acids is 1. The van der Waals surface area contributed by atoms with Crippen molar-refractivity contribution in [2.75, 3.05) is 18.6 Å². The SMILES string of the molecule is COC(=O)C1CCN1c1cccc(C)c1Br. The summed E-state index contributed by atoms with van der Waals surface area (Å²) in [6.07, 6.45) is 0.868. The second-order valence-corrected chi connectivity index (χ2v) is 4.72. The molecule has 3 nitrogen and oxygen atoms in total. The summed E-state index contributed by atoms with van der Waals surface area (Å²) in [7, 11) is 1.43. The fourth-order valence-electron chi connectivity index (χ4n) is 1.91. The first-order valence-electron chi connectivity index (χ1n) is 5.24. The van der Waals surface area contributed by atoms with Gasteiger partial charge in [-0.2, -0.15) is 0 Å². The van der Waals surface area contributed by atoms with E-state index in [1.807, 2.05) is 25.1 Å². The van der Waals surface area contributed by atoms with Gasteiger partial charge in [-0.3, -0.25) is 0 Å². The summed E-state index contributed by atoms with van der Waals surface area (Å²) >= 11 is 3.56. The maximum Gasteiger partial charge on any atom is 0.328 e. The Morgan fingerprint density at radius 3 is 2.88 bits per heavy atom. The number of carbonyl (C=O) groups is 1. The van der Waals surface area contributed by atoms with Gasteiger partial charge in [0, 0.05) is 11.0 Å². The van der Waals surface area contributed by atoms with Crippen LogP contribution in [0.5, 0.6) is 0 Å². The van der Waals surface area contributed by atoms with Crippen molar-refractivity contribution in [2.45, 2.75) is 19.4 Å². The second kappa shape index (κ2) is 4.45. The van der Waals surface area contributed by atoms with Gasteiger partial charge in [0.25, 0.3) is 0 Å². The topological polar surface area (TPSA) is 29.5 Å². The molecular formula is C12H14BrNO2. The Kier molecular flexibility index (Phi) is 3.19. The fraction of sp³-hybridized carbons (Fsp3) is 0.417. The fourth-order valence-corrected chi connectivity index (χ4v) is 2.40. The van der Waals surface area contributed by atoms with Gasteiger partial charge in [0.05, 0.1) is 12.8 Å². The van der Waals surface area contributed by atoms with Crippen LogP contribution in [0.3, 0.4) is 0 Å². The van der Waals surface area contributed by atoms with Gasteiger partial charge in [-0.25, -0.2) is 4.79 Å². The number of hydrogen-bond acceptors (Lipinski definition) is 3. The van der Waals surface area contributed by atoms with E-state index in [9.17, 15) is 4.79 Å². The zero-order valence-electron chi connectivity index (χ0n) is 9.37. The van der Waals surface area contributed by atoms with Crippen molar-refractivity contribution in [3.05, 3.63) is 28.2 Å². The molecule has 1 aromatic carbocycles. The van der Waals surface area contributed by atoms with Gasteiger partial charge in [0.1, 0.15) is 6.04 Å². The lowest BCUT2D eigenvalue weighted by Crippen LogP contribution is -2.53. The van der Waals surface area contributed by atoms with Crippen LogP contribution in [-0.4, -0.2) is 25.7 Å². The van der Waals surface area contributed by atoms with Crippen molar-refractivity contribution in [2.24, 2.45) is 0 Å². The highest BCUT2D eigenvalue weighted by Crippen LogP contribution is 2.35. The molecule has 0 amide bonds. The van der Waals surface area contributed by atoms with Gasteiger partial charge in [-0.05, 0) is 40.9 Å². The largest absolute Gasteiger partial charge is 0.467 e. The van der Waals surface area contributed by atoms with Gasteiger partial charge < -0.3 is 9.64 Å². The monoisotopic (exact) mass is 283 g/mol. The number of esters is 1. The molecule has 16 heavy (non-hydrogen) atoms. The first kappa shape index (κ1) is 11.5. The highest BCUT2D eigenvalue weighted by atomic mass is 79.9. The van der Waals surface area contributed by atoms with Crippen LogP contribution in [0.25, 0.3) is 0 Å². The molecule has 1 fully saturated rings. The van der Waals surface area contributed by atoms with E-state index >= 15 is 0 Å². The van der Waals surface area contributed by atoms with E-state index in [4.69, 9.17) is 4.74 Å². The van der Waals surface area contributed by atoms with Gasteiger partial charge in [-0.1, -0.05) is 12.1 Å². The first-order chi connectivity index (χ1) is 7.65. The van der Waals surface area contributed by atoms with Gasteiger partial charge >= 0.3 is 5.97 Å². The quantitative estimate of drug-likeness (QED) is 0.781. The Balaban J connectivity index is 2.25. The van der Waals surface area contributed by atoms with Crippen LogP contribution in [-0.2, 0) is 9.53 Å². The predicted molar refractivity (Wildman–Crippen MR) is 66.6 cm³/mol. The molecule has 0 N–H and O–H groups in total. The summed E-state index contributed by atoms with van der Waals surface area (Å²) in [5, 5.41) is 0. The average Bonchev–Trinajstić information content (AvgIpc) is 2.23. The minimum atomic E-state index is -0.153. The number of ether oxygens (including phenoxy) is 1. The lowest BCUT2D eigenvalue weighted by molar-refractivity contribution is -0.143. The number of nitrogens with zero attached hydrogens (tertiary/aromatic N) is 1. The van der Waals surface area contributed by atoms with E-state index in [1.54, 1.807) is 0 Å². The highest BCUT2D eigenvalue weighted by molar-refractivity contribution is 9.10. The number of aryl methyl sites for hydroxylation is 1. The molecule has 1 atom stereocenters. The van der Waals surface area contributed by atoms with E-state index < -0.39 is 0 Å². The van der Waals surface area contributed by atoms with Crippen molar-refractivity contribution >= 4 is 27.6 Å². The van der Waals surface area contributed by atoms with Crippen LogP contribution < -0.4 is 4.90 Å². The molecule has 0 aromatic heterocycles. The molecule has 1 aliphatic heterocycles. The Morgan fingerprint density at radius 2 is 2.31 bits per heavy atom. The Hall–Kier alpha value is -1.03. The highest BCUT2D eigenvalue weighted by Gasteiger charge is 2.36.